The monoisotopic (exact) mass is 516 g/mol. The molecule has 37 heavy (non-hydrogen) atoms. The van der Waals surface area contributed by atoms with Crippen molar-refractivity contribution in [3.05, 3.63) is 77.8 Å². The second-order valence-corrected chi connectivity index (χ2v) is 10.2. The van der Waals surface area contributed by atoms with E-state index in [0.717, 1.165) is 23.8 Å². The Bertz CT molecular complexity index is 1180. The number of aromatic nitrogens is 2. The number of ether oxygens (including phenoxy) is 1. The van der Waals surface area contributed by atoms with Gasteiger partial charge in [-0.05, 0) is 35.6 Å². The first kappa shape index (κ1) is 28.4. The summed E-state index contributed by atoms with van der Waals surface area (Å²) < 4.78 is 49.0. The van der Waals surface area contributed by atoms with E-state index in [2.05, 4.69) is 0 Å². The number of methoxy groups -OCH3 is 1. The fourth-order valence-corrected chi connectivity index (χ4v) is 4.36. The Morgan fingerprint density at radius 1 is 1.16 bits per heavy atom. The molecule has 1 aromatic heterocycles. The number of carbonyl (C=O) groups excluding carboxylic acids is 1. The lowest BCUT2D eigenvalue weighted by molar-refractivity contribution is -0.140. The van der Waals surface area contributed by atoms with Crippen LogP contribution in [0.1, 0.15) is 44.6 Å². The molecule has 1 amide bonds. The van der Waals surface area contributed by atoms with Crippen molar-refractivity contribution in [3.8, 4) is 11.3 Å². The fraction of sp³-hybridized carbons (Fsp3) is 0.429. The number of carbonyl (C=O) groups is 1. The van der Waals surface area contributed by atoms with E-state index in [9.17, 15) is 18.0 Å². The molecule has 0 aliphatic rings. The van der Waals surface area contributed by atoms with E-state index in [1.54, 1.807) is 11.1 Å². The Labute approximate surface area is 216 Å². The normalized spacial score (nSPS) is 13.4. The fourth-order valence-electron chi connectivity index (χ4n) is 4.36. The number of benzene rings is 2. The van der Waals surface area contributed by atoms with Crippen LogP contribution in [0.5, 0.6) is 0 Å². The highest BCUT2D eigenvalue weighted by molar-refractivity contribution is 5.78. The third-order valence-corrected chi connectivity index (χ3v) is 6.11. The maximum absolute atomic E-state index is 14.7. The molecule has 0 aliphatic carbocycles. The molecule has 200 valence electrons. The first-order chi connectivity index (χ1) is 17.5. The van der Waals surface area contributed by atoms with Gasteiger partial charge in [0.25, 0.3) is 0 Å². The van der Waals surface area contributed by atoms with Crippen molar-refractivity contribution < 1.29 is 22.7 Å². The van der Waals surface area contributed by atoms with E-state index in [1.165, 1.54) is 7.11 Å². The molecule has 3 rings (SSSR count). The molecular weight excluding hydrogens is 481 g/mol. The van der Waals surface area contributed by atoms with E-state index in [0.29, 0.717) is 12.4 Å². The molecule has 9 heteroatoms. The Balaban J connectivity index is 2.19. The summed E-state index contributed by atoms with van der Waals surface area (Å²) >= 11 is 0. The van der Waals surface area contributed by atoms with Gasteiger partial charge in [0.05, 0.1) is 11.7 Å². The smallest absolute Gasteiger partial charge is 0.249 e. The number of nitrogens with two attached hydrogens (primary N) is 1. The summed E-state index contributed by atoms with van der Waals surface area (Å²) in [4.78, 5) is 19.6. The van der Waals surface area contributed by atoms with Gasteiger partial charge in [-0.1, -0.05) is 51.1 Å². The van der Waals surface area contributed by atoms with E-state index in [4.69, 9.17) is 15.5 Å². The zero-order chi connectivity index (χ0) is 27.2. The Hall–Kier alpha value is -3.17. The van der Waals surface area contributed by atoms with Gasteiger partial charge < -0.3 is 19.9 Å². The largest absolute Gasteiger partial charge is 0.375 e. The zero-order valence-electron chi connectivity index (χ0n) is 21.8. The van der Waals surface area contributed by atoms with Gasteiger partial charge in [-0.15, -0.1) is 0 Å². The molecule has 0 unspecified atom stereocenters. The number of halogens is 3. The maximum atomic E-state index is 14.7. The molecule has 0 saturated carbocycles. The summed E-state index contributed by atoms with van der Waals surface area (Å²) in [6.45, 7) is 5.57. The van der Waals surface area contributed by atoms with Crippen LogP contribution in [-0.4, -0.2) is 53.3 Å². The minimum atomic E-state index is -0.723. The average Bonchev–Trinajstić information content (AvgIpc) is 3.25. The summed E-state index contributed by atoms with van der Waals surface area (Å²) in [5.74, 6) is -1.000. The lowest BCUT2D eigenvalue weighted by Gasteiger charge is -2.40. The predicted molar refractivity (Wildman–Crippen MR) is 137 cm³/mol. The van der Waals surface area contributed by atoms with Crippen LogP contribution in [0.15, 0.2) is 54.7 Å². The summed E-state index contributed by atoms with van der Waals surface area (Å²) in [7, 11) is 1.43. The SMILES string of the molecule is COCC(=O)N(CC[C@@H](N)CF)[C@@H](c1nc(-c2cc(F)ccc2F)cn1Cc1ccccc1)C(C)(C)C. The first-order valence-electron chi connectivity index (χ1n) is 12.2. The molecule has 0 saturated heterocycles. The lowest BCUT2D eigenvalue weighted by Crippen LogP contribution is -2.45. The standard InChI is InChI=1S/C28H35F3N4O2/c1-28(2,3)26(35(25(36)18-37-4)13-12-21(32)15-29)27-33-24(22-14-20(30)10-11-23(22)31)17-34(27)16-19-8-6-5-7-9-19/h5-11,14,17,21,26H,12-13,15-16,18,32H2,1-4H3/t21-,26+/m1/s1. The molecule has 3 aromatic rings. The molecule has 6 nitrogen and oxygen atoms in total. The van der Waals surface area contributed by atoms with Crippen LogP contribution < -0.4 is 5.73 Å². The maximum Gasteiger partial charge on any atom is 0.249 e. The van der Waals surface area contributed by atoms with E-state index < -0.39 is 35.8 Å². The van der Waals surface area contributed by atoms with E-state index in [1.807, 2.05) is 55.7 Å². The highest BCUT2D eigenvalue weighted by Crippen LogP contribution is 2.39. The van der Waals surface area contributed by atoms with Gasteiger partial charge >= 0.3 is 0 Å². The summed E-state index contributed by atoms with van der Waals surface area (Å²) in [5.41, 5.74) is 6.54. The number of hydrogen-bond acceptors (Lipinski definition) is 4. The number of hydrogen-bond donors (Lipinski definition) is 1. The van der Waals surface area contributed by atoms with Gasteiger partial charge in [0.15, 0.2) is 0 Å². The quantitative estimate of drug-likeness (QED) is 0.384. The van der Waals surface area contributed by atoms with Crippen molar-refractivity contribution in [1.29, 1.82) is 0 Å². The zero-order valence-corrected chi connectivity index (χ0v) is 21.8. The molecule has 2 atom stereocenters. The number of imidazole rings is 1. The summed E-state index contributed by atoms with van der Waals surface area (Å²) in [5, 5.41) is 0. The highest BCUT2D eigenvalue weighted by Gasteiger charge is 2.38. The Morgan fingerprint density at radius 3 is 2.49 bits per heavy atom. The van der Waals surface area contributed by atoms with Crippen LogP contribution in [0.2, 0.25) is 0 Å². The van der Waals surface area contributed by atoms with Crippen molar-refractivity contribution in [2.45, 2.75) is 45.8 Å². The molecule has 0 fully saturated rings. The third-order valence-electron chi connectivity index (χ3n) is 6.11. The second-order valence-electron chi connectivity index (χ2n) is 10.2. The van der Waals surface area contributed by atoms with Gasteiger partial charge in [0.1, 0.15) is 30.7 Å². The molecule has 0 aliphatic heterocycles. The number of rotatable bonds is 11. The van der Waals surface area contributed by atoms with Crippen LogP contribution in [0.4, 0.5) is 13.2 Å². The van der Waals surface area contributed by atoms with Crippen molar-refractivity contribution in [3.63, 3.8) is 0 Å². The molecule has 2 aromatic carbocycles. The highest BCUT2D eigenvalue weighted by atomic mass is 19.1. The van der Waals surface area contributed by atoms with E-state index in [-0.39, 0.29) is 36.7 Å². The number of amides is 1. The molecule has 1 heterocycles. The molecule has 0 spiro atoms. The number of nitrogens with zero attached hydrogens (tertiary/aromatic N) is 3. The minimum absolute atomic E-state index is 0.0231. The van der Waals surface area contributed by atoms with E-state index >= 15 is 0 Å². The van der Waals surface area contributed by atoms with Crippen molar-refractivity contribution in [2.75, 3.05) is 26.9 Å². The van der Waals surface area contributed by atoms with Gasteiger partial charge in [0.2, 0.25) is 5.91 Å². The molecule has 0 bridgehead atoms. The molecule has 2 N–H and O–H groups in total. The second kappa shape index (κ2) is 12.4. The Morgan fingerprint density at radius 2 is 1.86 bits per heavy atom. The number of alkyl halides is 1. The topological polar surface area (TPSA) is 73.4 Å². The van der Waals surface area contributed by atoms with Crippen LogP contribution >= 0.6 is 0 Å². The van der Waals surface area contributed by atoms with Gasteiger partial charge in [-0.3, -0.25) is 4.79 Å². The average molecular weight is 517 g/mol. The first-order valence-corrected chi connectivity index (χ1v) is 12.2. The summed E-state index contributed by atoms with van der Waals surface area (Å²) in [6, 6.07) is 11.5. The van der Waals surface area contributed by atoms with Gasteiger partial charge in [-0.25, -0.2) is 18.2 Å². The predicted octanol–water partition coefficient (Wildman–Crippen LogP) is 5.13. The van der Waals surface area contributed by atoms with Crippen LogP contribution in [0.3, 0.4) is 0 Å². The van der Waals surface area contributed by atoms with Gasteiger partial charge in [0, 0.05) is 38.0 Å². The van der Waals surface area contributed by atoms with Crippen LogP contribution in [0.25, 0.3) is 11.3 Å². The molecular formula is C28H35F3N4O2. The Kier molecular flexibility index (Phi) is 9.50. The minimum Gasteiger partial charge on any atom is -0.375 e. The molecule has 0 radical (unpaired) electrons. The summed E-state index contributed by atoms with van der Waals surface area (Å²) in [6.07, 6.45) is 1.91. The van der Waals surface area contributed by atoms with Crippen LogP contribution in [0, 0.1) is 17.0 Å². The van der Waals surface area contributed by atoms with Crippen molar-refractivity contribution in [2.24, 2.45) is 11.1 Å². The van der Waals surface area contributed by atoms with Crippen LogP contribution in [-0.2, 0) is 16.1 Å². The van der Waals surface area contributed by atoms with Crippen molar-refractivity contribution >= 4 is 5.91 Å². The van der Waals surface area contributed by atoms with Gasteiger partial charge in [-0.2, -0.15) is 0 Å². The third kappa shape index (κ3) is 7.20. The lowest BCUT2D eigenvalue weighted by atomic mass is 9.84. The van der Waals surface area contributed by atoms with Crippen molar-refractivity contribution in [1.82, 2.24) is 14.5 Å².